The maximum Gasteiger partial charge on any atom is 0.430 e. The average molecular weight is 504 g/mol. The molecule has 10 heteroatoms. The summed E-state index contributed by atoms with van der Waals surface area (Å²) in [6, 6.07) is 10.3. The molecule has 0 saturated heterocycles. The summed E-state index contributed by atoms with van der Waals surface area (Å²) in [5, 5.41) is 30.4. The van der Waals surface area contributed by atoms with E-state index in [0.717, 1.165) is 36.0 Å². The first kappa shape index (κ1) is 26.2. The third kappa shape index (κ3) is 4.86. The van der Waals surface area contributed by atoms with Gasteiger partial charge in [-0.25, -0.2) is 0 Å². The van der Waals surface area contributed by atoms with Gasteiger partial charge in [0, 0.05) is 10.4 Å². The maximum absolute atomic E-state index is 13.6. The summed E-state index contributed by atoms with van der Waals surface area (Å²) >= 11 is 0.993. The Kier molecular flexibility index (Phi) is 7.47. The third-order valence-electron chi connectivity index (χ3n) is 5.69. The molecule has 0 fully saturated rings. The Bertz CT molecular complexity index is 1140. The first-order chi connectivity index (χ1) is 15.8. The molecule has 0 bridgehead atoms. The summed E-state index contributed by atoms with van der Waals surface area (Å²) in [5.41, 5.74) is -4.17. The van der Waals surface area contributed by atoms with Crippen LogP contribution in [0.5, 0.6) is 0 Å². The van der Waals surface area contributed by atoms with Gasteiger partial charge in [-0.2, -0.15) is 26.3 Å². The molecule has 0 aliphatic carbocycles. The minimum absolute atomic E-state index is 0.173. The highest BCUT2D eigenvalue weighted by Gasteiger charge is 2.72. The lowest BCUT2D eigenvalue weighted by Gasteiger charge is -2.35. The number of rotatable bonds is 7. The Morgan fingerprint density at radius 2 is 1.41 bits per heavy atom. The maximum atomic E-state index is 13.6. The van der Waals surface area contributed by atoms with Gasteiger partial charge < -0.3 is 15.3 Å². The number of hydrogen-bond acceptors (Lipinski definition) is 4. The smallest absolute Gasteiger partial charge is 0.392 e. The summed E-state index contributed by atoms with van der Waals surface area (Å²) in [6.07, 6.45) is -11.0. The largest absolute Gasteiger partial charge is 0.430 e. The van der Waals surface area contributed by atoms with Crippen LogP contribution in [0.25, 0.3) is 10.4 Å². The van der Waals surface area contributed by atoms with E-state index in [1.54, 1.807) is 23.6 Å². The van der Waals surface area contributed by atoms with Crippen LogP contribution in [0, 0.1) is 6.92 Å². The molecule has 3 N–H and O–H groups in total. The molecule has 2 aromatic carbocycles. The van der Waals surface area contributed by atoms with E-state index in [2.05, 4.69) is 0 Å². The van der Waals surface area contributed by atoms with Gasteiger partial charge in [0.2, 0.25) is 0 Å². The van der Waals surface area contributed by atoms with Gasteiger partial charge in [-0.05, 0) is 64.6 Å². The first-order valence-corrected chi connectivity index (χ1v) is 11.1. The summed E-state index contributed by atoms with van der Waals surface area (Å²) < 4.78 is 81.5. The monoisotopic (exact) mass is 504 g/mol. The molecule has 0 unspecified atom stereocenters. The van der Waals surface area contributed by atoms with Crippen LogP contribution in [-0.4, -0.2) is 27.7 Å². The predicted molar refractivity (Wildman–Crippen MR) is 116 cm³/mol. The Hall–Kier alpha value is -2.40. The number of hydrogen-bond donors (Lipinski definition) is 3. The highest BCUT2D eigenvalue weighted by atomic mass is 32.1. The molecule has 0 radical (unpaired) electrons. The van der Waals surface area contributed by atoms with E-state index in [-0.39, 0.29) is 29.2 Å². The standard InChI is InChI=1S/C24H22F6O3S/c1-14-3-2-4-19(21(14)22(33,23(25,26)27)24(28,29)30)20-10-16(13-34-20)6-5-15-7-8-17(11-31)18(9-15)12-32/h2-4,7-10,13,31-33H,5-6,11-12H2,1H3. The van der Waals surface area contributed by atoms with E-state index in [4.69, 9.17) is 0 Å². The highest BCUT2D eigenvalue weighted by molar-refractivity contribution is 7.13. The number of alkyl halides is 6. The first-order valence-electron chi connectivity index (χ1n) is 10.2. The minimum Gasteiger partial charge on any atom is -0.392 e. The molecular formula is C24H22F6O3S. The Labute approximate surface area is 195 Å². The van der Waals surface area contributed by atoms with Crippen molar-refractivity contribution in [3.63, 3.8) is 0 Å². The molecule has 3 aromatic rings. The number of benzene rings is 2. The quantitative estimate of drug-likeness (QED) is 0.356. The van der Waals surface area contributed by atoms with Gasteiger partial charge in [0.05, 0.1) is 13.2 Å². The van der Waals surface area contributed by atoms with Crippen LogP contribution in [0.2, 0.25) is 0 Å². The van der Waals surface area contributed by atoms with Crippen molar-refractivity contribution in [3.05, 3.63) is 81.2 Å². The lowest BCUT2D eigenvalue weighted by atomic mass is 9.84. The molecular weight excluding hydrogens is 482 g/mol. The van der Waals surface area contributed by atoms with Crippen molar-refractivity contribution in [3.8, 4) is 10.4 Å². The molecule has 0 atom stereocenters. The van der Waals surface area contributed by atoms with Crippen molar-refractivity contribution >= 4 is 11.3 Å². The molecule has 1 aromatic heterocycles. The topological polar surface area (TPSA) is 60.7 Å². The van der Waals surface area contributed by atoms with Crippen LogP contribution < -0.4 is 0 Å². The van der Waals surface area contributed by atoms with Crippen LogP contribution in [0.1, 0.15) is 33.4 Å². The lowest BCUT2D eigenvalue weighted by Crippen LogP contribution is -2.54. The van der Waals surface area contributed by atoms with E-state index < -0.39 is 23.5 Å². The zero-order valence-corrected chi connectivity index (χ0v) is 18.8. The zero-order valence-electron chi connectivity index (χ0n) is 18.0. The fourth-order valence-electron chi connectivity index (χ4n) is 3.87. The molecule has 184 valence electrons. The summed E-state index contributed by atoms with van der Waals surface area (Å²) in [5.74, 6) is 0. The normalized spacial score (nSPS) is 12.9. The van der Waals surface area contributed by atoms with E-state index in [9.17, 15) is 41.7 Å². The van der Waals surface area contributed by atoms with Crippen molar-refractivity contribution in [1.29, 1.82) is 0 Å². The molecule has 0 amide bonds. The second-order valence-corrected chi connectivity index (χ2v) is 8.85. The summed E-state index contributed by atoms with van der Waals surface area (Å²) in [7, 11) is 0. The predicted octanol–water partition coefficient (Wildman–Crippen LogP) is 5.81. The van der Waals surface area contributed by atoms with Crippen LogP contribution in [0.4, 0.5) is 26.3 Å². The number of halogens is 6. The molecule has 0 saturated carbocycles. The molecule has 0 aliphatic heterocycles. The van der Waals surface area contributed by atoms with Crippen molar-refractivity contribution in [2.75, 3.05) is 0 Å². The summed E-state index contributed by atoms with van der Waals surface area (Å²) in [4.78, 5) is 0.173. The van der Waals surface area contributed by atoms with Crippen LogP contribution in [0.15, 0.2) is 47.8 Å². The Morgan fingerprint density at radius 1 is 0.794 bits per heavy atom. The Morgan fingerprint density at radius 3 is 2.00 bits per heavy atom. The van der Waals surface area contributed by atoms with Gasteiger partial charge in [0.25, 0.3) is 5.60 Å². The van der Waals surface area contributed by atoms with E-state index in [1.165, 1.54) is 12.1 Å². The number of aryl methyl sites for hydroxylation is 3. The number of thiophene rings is 1. The van der Waals surface area contributed by atoms with Crippen LogP contribution in [0.3, 0.4) is 0 Å². The lowest BCUT2D eigenvalue weighted by molar-refractivity contribution is -0.376. The second-order valence-electron chi connectivity index (χ2n) is 7.94. The molecule has 3 nitrogen and oxygen atoms in total. The van der Waals surface area contributed by atoms with E-state index >= 15 is 0 Å². The van der Waals surface area contributed by atoms with Gasteiger partial charge >= 0.3 is 12.4 Å². The molecule has 0 spiro atoms. The van der Waals surface area contributed by atoms with Crippen molar-refractivity contribution in [1.82, 2.24) is 0 Å². The Balaban J connectivity index is 1.96. The molecule has 34 heavy (non-hydrogen) atoms. The van der Waals surface area contributed by atoms with Gasteiger partial charge in [0.1, 0.15) is 0 Å². The second kappa shape index (κ2) is 9.69. The van der Waals surface area contributed by atoms with E-state index in [1.807, 2.05) is 0 Å². The number of aliphatic hydroxyl groups excluding tert-OH is 2. The molecule has 0 aliphatic rings. The number of aliphatic hydroxyl groups is 3. The minimum atomic E-state index is -5.97. The van der Waals surface area contributed by atoms with Gasteiger partial charge in [-0.1, -0.05) is 36.4 Å². The SMILES string of the molecule is Cc1cccc(-c2cc(CCc3ccc(CO)c(CO)c3)cs2)c1C(O)(C(F)(F)F)C(F)(F)F. The van der Waals surface area contributed by atoms with E-state index in [0.29, 0.717) is 29.5 Å². The van der Waals surface area contributed by atoms with Crippen molar-refractivity contribution in [2.45, 2.75) is 50.9 Å². The van der Waals surface area contributed by atoms with Gasteiger partial charge in [0.15, 0.2) is 0 Å². The average Bonchev–Trinajstić information content (AvgIpc) is 3.24. The molecule has 3 rings (SSSR count). The van der Waals surface area contributed by atoms with Crippen LogP contribution in [-0.2, 0) is 31.7 Å². The fourth-order valence-corrected chi connectivity index (χ4v) is 4.85. The van der Waals surface area contributed by atoms with Gasteiger partial charge in [-0.15, -0.1) is 11.3 Å². The molecule has 1 heterocycles. The van der Waals surface area contributed by atoms with Crippen LogP contribution >= 0.6 is 11.3 Å². The third-order valence-corrected chi connectivity index (χ3v) is 6.70. The van der Waals surface area contributed by atoms with Gasteiger partial charge in [-0.3, -0.25) is 0 Å². The highest BCUT2D eigenvalue weighted by Crippen LogP contribution is 2.53. The van der Waals surface area contributed by atoms with Crippen molar-refractivity contribution < 1.29 is 41.7 Å². The fraction of sp³-hybridized carbons (Fsp3) is 0.333. The zero-order chi connectivity index (χ0) is 25.3. The van der Waals surface area contributed by atoms with Crippen molar-refractivity contribution in [2.24, 2.45) is 0 Å². The summed E-state index contributed by atoms with van der Waals surface area (Å²) in [6.45, 7) is 0.638.